The lowest BCUT2D eigenvalue weighted by Gasteiger charge is -2.19. The number of nitrogens with zero attached hydrogens (tertiary/aromatic N) is 2. The van der Waals surface area contributed by atoms with Crippen molar-refractivity contribution < 1.29 is 9.59 Å². The minimum Gasteiger partial charge on any atom is -0.352 e. The van der Waals surface area contributed by atoms with Crippen molar-refractivity contribution in [2.75, 3.05) is 11.9 Å². The van der Waals surface area contributed by atoms with Gasteiger partial charge in [0.05, 0.1) is 11.6 Å². The second-order valence-corrected chi connectivity index (χ2v) is 7.82. The third-order valence-electron chi connectivity index (χ3n) is 4.95. The van der Waals surface area contributed by atoms with Crippen molar-refractivity contribution in [1.82, 2.24) is 25.2 Å². The van der Waals surface area contributed by atoms with Crippen LogP contribution < -0.4 is 21.4 Å². The van der Waals surface area contributed by atoms with Crippen LogP contribution in [0.4, 0.5) is 5.95 Å². The van der Waals surface area contributed by atoms with Crippen molar-refractivity contribution in [2.45, 2.75) is 39.4 Å². The number of pyridine rings is 1. The van der Waals surface area contributed by atoms with Crippen molar-refractivity contribution in [1.29, 1.82) is 0 Å². The van der Waals surface area contributed by atoms with Crippen LogP contribution in [0.25, 0.3) is 10.9 Å². The van der Waals surface area contributed by atoms with Crippen LogP contribution in [0.1, 0.15) is 36.7 Å². The molecule has 2 heterocycles. The summed E-state index contributed by atoms with van der Waals surface area (Å²) in [4.78, 5) is 44.5. The maximum Gasteiger partial charge on any atom is 0.256 e. The molecule has 0 saturated heterocycles. The molecule has 9 nitrogen and oxygen atoms in total. The number of nitrogens with one attached hydrogen (secondary N) is 4. The van der Waals surface area contributed by atoms with Gasteiger partial charge in [0.1, 0.15) is 11.3 Å². The SMILES string of the molecule is CC(=O)[C@H](CNC(=O)c1cn(C)c2cc(CNc3ncc[nH]3)ccc2c1=O)NC(C)C. The van der Waals surface area contributed by atoms with Gasteiger partial charge in [0.25, 0.3) is 5.91 Å². The van der Waals surface area contributed by atoms with Crippen molar-refractivity contribution in [2.24, 2.45) is 7.05 Å². The number of hydrogen-bond donors (Lipinski definition) is 4. The second-order valence-electron chi connectivity index (χ2n) is 7.82. The molecule has 1 atom stereocenters. The molecular weight excluding hydrogens is 396 g/mol. The van der Waals surface area contributed by atoms with E-state index in [1.807, 2.05) is 26.0 Å². The number of carbonyl (C=O) groups is 2. The molecule has 0 radical (unpaired) electrons. The normalized spacial score (nSPS) is 12.2. The van der Waals surface area contributed by atoms with Gasteiger partial charge in [0.15, 0.2) is 5.95 Å². The molecular formula is C22H28N6O3. The van der Waals surface area contributed by atoms with Gasteiger partial charge in [-0.15, -0.1) is 0 Å². The van der Waals surface area contributed by atoms with Gasteiger partial charge in [-0.3, -0.25) is 14.4 Å². The topological polar surface area (TPSA) is 121 Å². The van der Waals surface area contributed by atoms with Gasteiger partial charge in [0.2, 0.25) is 5.43 Å². The molecule has 31 heavy (non-hydrogen) atoms. The number of hydrogen-bond acceptors (Lipinski definition) is 6. The van der Waals surface area contributed by atoms with E-state index in [-0.39, 0.29) is 29.4 Å². The third kappa shape index (κ3) is 5.37. The number of ketones is 1. The maximum absolute atomic E-state index is 12.9. The van der Waals surface area contributed by atoms with Gasteiger partial charge in [-0.2, -0.15) is 0 Å². The Morgan fingerprint density at radius 2 is 2.03 bits per heavy atom. The third-order valence-corrected chi connectivity index (χ3v) is 4.95. The van der Waals surface area contributed by atoms with E-state index in [0.29, 0.717) is 17.9 Å². The fraction of sp³-hybridized carbons (Fsp3) is 0.364. The number of H-pyrrole nitrogens is 1. The monoisotopic (exact) mass is 424 g/mol. The van der Waals surface area contributed by atoms with Crippen molar-refractivity contribution in [3.8, 4) is 0 Å². The second kappa shape index (κ2) is 9.57. The highest BCUT2D eigenvalue weighted by molar-refractivity contribution is 5.97. The maximum atomic E-state index is 12.9. The molecule has 3 aromatic rings. The zero-order chi connectivity index (χ0) is 22.5. The summed E-state index contributed by atoms with van der Waals surface area (Å²) >= 11 is 0. The largest absolute Gasteiger partial charge is 0.352 e. The Labute approximate surface area is 180 Å². The molecule has 0 aliphatic carbocycles. The highest BCUT2D eigenvalue weighted by Gasteiger charge is 2.19. The van der Waals surface area contributed by atoms with Crippen molar-refractivity contribution in [3.63, 3.8) is 0 Å². The quantitative estimate of drug-likeness (QED) is 0.414. The van der Waals surface area contributed by atoms with Crippen LogP contribution >= 0.6 is 0 Å². The number of anilines is 1. The summed E-state index contributed by atoms with van der Waals surface area (Å²) < 4.78 is 1.76. The summed E-state index contributed by atoms with van der Waals surface area (Å²) in [7, 11) is 1.79. The fourth-order valence-electron chi connectivity index (χ4n) is 3.36. The highest BCUT2D eigenvalue weighted by atomic mass is 16.2. The van der Waals surface area contributed by atoms with Crippen molar-refractivity contribution >= 4 is 28.5 Å². The molecule has 164 valence electrons. The van der Waals surface area contributed by atoms with Crippen LogP contribution in [0.3, 0.4) is 0 Å². The Hall–Kier alpha value is -3.46. The number of aromatic amines is 1. The minimum absolute atomic E-state index is 0.0447. The highest BCUT2D eigenvalue weighted by Crippen LogP contribution is 2.15. The summed E-state index contributed by atoms with van der Waals surface area (Å²) in [6, 6.07) is 5.08. The van der Waals surface area contributed by atoms with Crippen LogP contribution in [-0.2, 0) is 18.4 Å². The average molecular weight is 425 g/mol. The summed E-state index contributed by atoms with van der Waals surface area (Å²) in [5, 5.41) is 9.45. The van der Waals surface area contributed by atoms with E-state index in [2.05, 4.69) is 25.9 Å². The minimum atomic E-state index is -0.502. The van der Waals surface area contributed by atoms with Gasteiger partial charge in [-0.05, 0) is 24.6 Å². The van der Waals surface area contributed by atoms with Gasteiger partial charge in [-0.1, -0.05) is 19.9 Å². The summed E-state index contributed by atoms with van der Waals surface area (Å²) in [6.45, 7) is 5.98. The number of benzene rings is 1. The Morgan fingerprint density at radius 1 is 1.26 bits per heavy atom. The summed E-state index contributed by atoms with van der Waals surface area (Å²) in [6.07, 6.45) is 4.93. The number of imidazole rings is 1. The first-order valence-corrected chi connectivity index (χ1v) is 10.2. The number of aromatic nitrogens is 3. The van der Waals surface area contributed by atoms with E-state index in [9.17, 15) is 14.4 Å². The predicted molar refractivity (Wildman–Crippen MR) is 120 cm³/mol. The molecule has 1 aromatic carbocycles. The lowest BCUT2D eigenvalue weighted by Crippen LogP contribution is -2.48. The first kappa shape index (κ1) is 22.2. The van der Waals surface area contributed by atoms with E-state index in [1.54, 1.807) is 30.1 Å². The zero-order valence-corrected chi connectivity index (χ0v) is 18.2. The lowest BCUT2D eigenvalue weighted by atomic mass is 10.1. The summed E-state index contributed by atoms with van der Waals surface area (Å²) in [5.74, 6) is 0.0933. The van der Waals surface area contributed by atoms with E-state index in [0.717, 1.165) is 11.1 Å². The van der Waals surface area contributed by atoms with Crippen LogP contribution in [0.15, 0.2) is 41.6 Å². The van der Waals surface area contributed by atoms with Crippen LogP contribution in [0, 0.1) is 0 Å². The molecule has 0 bridgehead atoms. The van der Waals surface area contributed by atoms with Crippen molar-refractivity contribution in [3.05, 3.63) is 58.1 Å². The Morgan fingerprint density at radius 3 is 2.68 bits per heavy atom. The Kier molecular flexibility index (Phi) is 6.86. The predicted octanol–water partition coefficient (Wildman–Crippen LogP) is 1.56. The molecule has 4 N–H and O–H groups in total. The van der Waals surface area contributed by atoms with E-state index >= 15 is 0 Å². The van der Waals surface area contributed by atoms with E-state index in [1.165, 1.54) is 13.1 Å². The van der Waals surface area contributed by atoms with Gasteiger partial charge in [0, 0.05) is 50.2 Å². The van der Waals surface area contributed by atoms with Crippen LogP contribution in [0.2, 0.25) is 0 Å². The van der Waals surface area contributed by atoms with Gasteiger partial charge >= 0.3 is 0 Å². The fourth-order valence-corrected chi connectivity index (χ4v) is 3.36. The average Bonchev–Trinajstić information content (AvgIpc) is 3.25. The van der Waals surface area contributed by atoms with Gasteiger partial charge in [-0.25, -0.2) is 4.98 Å². The zero-order valence-electron chi connectivity index (χ0n) is 18.2. The standard InChI is InChI=1S/C22H28N6O3/c1-13(2)27-18(14(3)29)11-25-21(31)17-12-28(4)19-9-15(5-6-16(19)20(17)30)10-26-22-23-7-8-24-22/h5-9,12-13,18,27H,10-11H2,1-4H3,(H,25,31)(H2,23,24,26)/t18-/m0/s1. The Balaban J connectivity index is 1.79. The lowest BCUT2D eigenvalue weighted by molar-refractivity contribution is -0.119. The number of amides is 1. The molecule has 0 fully saturated rings. The number of aryl methyl sites for hydroxylation is 1. The first-order valence-electron chi connectivity index (χ1n) is 10.2. The number of Topliss-reactive ketones (excluding diaryl/α,β-unsaturated/α-hetero) is 1. The molecule has 3 rings (SSSR count). The molecule has 2 aromatic heterocycles. The molecule has 9 heteroatoms. The smallest absolute Gasteiger partial charge is 0.256 e. The molecule has 0 spiro atoms. The molecule has 0 saturated carbocycles. The molecule has 0 aliphatic rings. The Bertz CT molecular complexity index is 1130. The first-order chi connectivity index (χ1) is 14.8. The van der Waals surface area contributed by atoms with E-state index < -0.39 is 11.9 Å². The van der Waals surface area contributed by atoms with Crippen LogP contribution in [-0.4, -0.2) is 44.9 Å². The molecule has 1 amide bonds. The van der Waals surface area contributed by atoms with E-state index in [4.69, 9.17) is 0 Å². The molecule has 0 unspecified atom stereocenters. The summed E-state index contributed by atoms with van der Waals surface area (Å²) in [5.41, 5.74) is 1.40. The van der Waals surface area contributed by atoms with Gasteiger partial charge < -0.3 is 25.5 Å². The number of rotatable bonds is 9. The number of carbonyl (C=O) groups excluding carboxylic acids is 2. The molecule has 0 aliphatic heterocycles. The number of fused-ring (bicyclic) bond motifs is 1. The van der Waals surface area contributed by atoms with Crippen LogP contribution in [0.5, 0.6) is 0 Å².